The van der Waals surface area contributed by atoms with Gasteiger partial charge in [0.15, 0.2) is 0 Å². The lowest BCUT2D eigenvalue weighted by Gasteiger charge is -2.25. The highest BCUT2D eigenvalue weighted by molar-refractivity contribution is 5.91. The van der Waals surface area contributed by atoms with Crippen LogP contribution in [-0.2, 0) is 4.79 Å². The average molecular weight is 341 g/mol. The van der Waals surface area contributed by atoms with Gasteiger partial charge in [0, 0.05) is 12.6 Å². The quantitative estimate of drug-likeness (QED) is 0.293. The largest absolute Gasteiger partial charge is 0.497 e. The fourth-order valence-corrected chi connectivity index (χ4v) is 1.83. The van der Waals surface area contributed by atoms with Gasteiger partial charge < -0.3 is 35.6 Å². The van der Waals surface area contributed by atoms with Gasteiger partial charge in [-0.25, -0.2) is 0 Å². The molecule has 0 aliphatic heterocycles. The Kier molecular flexibility index (Phi) is 8.37. The molecular formula is C16H23NO7. The van der Waals surface area contributed by atoms with Crippen molar-refractivity contribution in [3.63, 3.8) is 0 Å². The topological polar surface area (TPSA) is 139 Å². The Morgan fingerprint density at radius 1 is 1.12 bits per heavy atom. The first-order valence-electron chi connectivity index (χ1n) is 7.32. The highest BCUT2D eigenvalue weighted by atomic mass is 16.5. The zero-order chi connectivity index (χ0) is 18.1. The molecule has 0 saturated heterocycles. The highest BCUT2D eigenvalue weighted by Gasteiger charge is 2.29. The maximum Gasteiger partial charge on any atom is 0.244 e. The summed E-state index contributed by atoms with van der Waals surface area (Å²) >= 11 is 0. The maximum atomic E-state index is 11.7. The number of aliphatic hydroxyl groups is 5. The molecule has 0 heterocycles. The molecule has 0 saturated carbocycles. The van der Waals surface area contributed by atoms with Crippen molar-refractivity contribution in [1.82, 2.24) is 5.32 Å². The van der Waals surface area contributed by atoms with Crippen molar-refractivity contribution in [3.05, 3.63) is 35.9 Å². The normalized spacial score (nSPS) is 16.4. The number of hydrogen-bond donors (Lipinski definition) is 6. The molecule has 8 nitrogen and oxygen atoms in total. The molecule has 0 aliphatic carbocycles. The molecular weight excluding hydrogens is 318 g/mol. The van der Waals surface area contributed by atoms with Crippen molar-refractivity contribution in [3.8, 4) is 5.75 Å². The highest BCUT2D eigenvalue weighted by Crippen LogP contribution is 2.12. The lowest BCUT2D eigenvalue weighted by Crippen LogP contribution is -2.49. The number of nitrogens with one attached hydrogen (secondary N) is 1. The molecule has 134 valence electrons. The van der Waals surface area contributed by atoms with E-state index in [9.17, 15) is 25.2 Å². The summed E-state index contributed by atoms with van der Waals surface area (Å²) in [6, 6.07) is 7.00. The number of amides is 1. The molecule has 1 aromatic rings. The lowest BCUT2D eigenvalue weighted by molar-refractivity contribution is -0.122. The van der Waals surface area contributed by atoms with Crippen molar-refractivity contribution in [2.75, 3.05) is 20.3 Å². The second kappa shape index (κ2) is 10.0. The number of aliphatic hydroxyl groups excluding tert-OH is 5. The van der Waals surface area contributed by atoms with Gasteiger partial charge in [0.25, 0.3) is 0 Å². The average Bonchev–Trinajstić information content (AvgIpc) is 2.62. The van der Waals surface area contributed by atoms with Crippen LogP contribution < -0.4 is 10.1 Å². The van der Waals surface area contributed by atoms with Crippen molar-refractivity contribution in [2.45, 2.75) is 24.4 Å². The Morgan fingerprint density at radius 3 is 2.25 bits per heavy atom. The van der Waals surface area contributed by atoms with E-state index in [4.69, 9.17) is 9.84 Å². The van der Waals surface area contributed by atoms with Crippen LogP contribution in [0, 0.1) is 0 Å². The Labute approximate surface area is 139 Å². The molecule has 0 aliphatic rings. The lowest BCUT2D eigenvalue weighted by atomic mass is 10.0. The van der Waals surface area contributed by atoms with Crippen LogP contribution in [0.4, 0.5) is 0 Å². The first kappa shape index (κ1) is 20.1. The zero-order valence-corrected chi connectivity index (χ0v) is 13.2. The van der Waals surface area contributed by atoms with E-state index in [0.717, 1.165) is 5.56 Å². The third-order valence-electron chi connectivity index (χ3n) is 3.35. The van der Waals surface area contributed by atoms with Crippen molar-refractivity contribution in [2.24, 2.45) is 0 Å². The Morgan fingerprint density at radius 2 is 1.71 bits per heavy atom. The third-order valence-corrected chi connectivity index (χ3v) is 3.35. The summed E-state index contributed by atoms with van der Waals surface area (Å²) in [7, 11) is 1.55. The van der Waals surface area contributed by atoms with Gasteiger partial charge in [0.2, 0.25) is 5.91 Å². The van der Waals surface area contributed by atoms with Crippen LogP contribution in [0.15, 0.2) is 30.3 Å². The van der Waals surface area contributed by atoms with Crippen molar-refractivity contribution >= 4 is 12.0 Å². The van der Waals surface area contributed by atoms with Gasteiger partial charge in [-0.05, 0) is 23.8 Å². The fraction of sp³-hybridized carbons (Fsp3) is 0.438. The Bertz CT molecular complexity index is 532. The van der Waals surface area contributed by atoms with Gasteiger partial charge in [0.1, 0.15) is 24.1 Å². The van der Waals surface area contributed by atoms with Gasteiger partial charge in [-0.15, -0.1) is 0 Å². The van der Waals surface area contributed by atoms with E-state index in [0.29, 0.717) is 5.75 Å². The van der Waals surface area contributed by atoms with Gasteiger partial charge in [-0.3, -0.25) is 4.79 Å². The SMILES string of the molecule is COc1ccc(/C=C/C(=O)NC[C@H](O)[C@@H](O)[C@H](O)[C@H](O)CO)cc1. The number of benzene rings is 1. The summed E-state index contributed by atoms with van der Waals surface area (Å²) in [4.78, 5) is 11.7. The maximum absolute atomic E-state index is 11.7. The van der Waals surface area contributed by atoms with E-state index in [-0.39, 0.29) is 6.54 Å². The predicted molar refractivity (Wildman–Crippen MR) is 86.2 cm³/mol. The molecule has 0 fully saturated rings. The molecule has 24 heavy (non-hydrogen) atoms. The molecule has 0 bridgehead atoms. The van der Waals surface area contributed by atoms with E-state index in [1.165, 1.54) is 6.08 Å². The number of hydrogen-bond acceptors (Lipinski definition) is 7. The van der Waals surface area contributed by atoms with E-state index in [1.807, 2.05) is 0 Å². The summed E-state index contributed by atoms with van der Waals surface area (Å²) in [5.74, 6) is 0.187. The molecule has 1 rings (SSSR count). The Hall–Kier alpha value is -1.97. The molecule has 4 atom stereocenters. The standard InChI is InChI=1S/C16H23NO7/c1-24-11-5-2-10(3-6-11)4-7-14(21)17-8-12(19)15(22)16(23)13(20)9-18/h2-7,12-13,15-16,18-20,22-23H,8-9H2,1H3,(H,17,21)/b7-4+/t12-,13+,15+,16+/m0/s1. The van der Waals surface area contributed by atoms with Crippen LogP contribution in [0.1, 0.15) is 5.56 Å². The van der Waals surface area contributed by atoms with Crippen LogP contribution in [0.5, 0.6) is 5.75 Å². The van der Waals surface area contributed by atoms with E-state index < -0.39 is 36.9 Å². The van der Waals surface area contributed by atoms with Crippen LogP contribution in [0.3, 0.4) is 0 Å². The summed E-state index contributed by atoms with van der Waals surface area (Å²) < 4.78 is 5.02. The van der Waals surface area contributed by atoms with Gasteiger partial charge in [-0.1, -0.05) is 12.1 Å². The van der Waals surface area contributed by atoms with Crippen LogP contribution in [0.25, 0.3) is 6.08 Å². The first-order chi connectivity index (χ1) is 11.4. The minimum atomic E-state index is -1.73. The van der Waals surface area contributed by atoms with E-state index in [2.05, 4.69) is 5.32 Å². The summed E-state index contributed by atoms with van der Waals surface area (Å²) in [5, 5.41) is 49.0. The van der Waals surface area contributed by atoms with E-state index in [1.54, 1.807) is 37.5 Å². The summed E-state index contributed by atoms with van der Waals surface area (Å²) in [5.41, 5.74) is 0.771. The molecule has 1 amide bonds. The fourth-order valence-electron chi connectivity index (χ4n) is 1.83. The van der Waals surface area contributed by atoms with Crippen LogP contribution in [0.2, 0.25) is 0 Å². The predicted octanol–water partition coefficient (Wildman–Crippen LogP) is -1.74. The number of methoxy groups -OCH3 is 1. The number of carbonyl (C=O) groups is 1. The smallest absolute Gasteiger partial charge is 0.244 e. The first-order valence-corrected chi connectivity index (χ1v) is 7.32. The van der Waals surface area contributed by atoms with Crippen LogP contribution in [-0.4, -0.2) is 76.1 Å². The number of rotatable bonds is 9. The molecule has 0 spiro atoms. The van der Waals surface area contributed by atoms with Gasteiger partial charge >= 0.3 is 0 Å². The second-order valence-electron chi connectivity index (χ2n) is 5.15. The number of carbonyl (C=O) groups excluding carboxylic acids is 1. The third kappa shape index (κ3) is 6.26. The molecule has 0 radical (unpaired) electrons. The summed E-state index contributed by atoms with van der Waals surface area (Å²) in [6.45, 7) is -1.09. The van der Waals surface area contributed by atoms with E-state index >= 15 is 0 Å². The monoisotopic (exact) mass is 341 g/mol. The molecule has 6 N–H and O–H groups in total. The molecule has 0 aromatic heterocycles. The zero-order valence-electron chi connectivity index (χ0n) is 13.2. The van der Waals surface area contributed by atoms with Crippen molar-refractivity contribution < 1.29 is 35.1 Å². The molecule has 1 aromatic carbocycles. The van der Waals surface area contributed by atoms with Gasteiger partial charge in [-0.2, -0.15) is 0 Å². The van der Waals surface area contributed by atoms with Crippen LogP contribution >= 0.6 is 0 Å². The number of ether oxygens (including phenoxy) is 1. The minimum Gasteiger partial charge on any atom is -0.497 e. The summed E-state index contributed by atoms with van der Waals surface area (Å²) in [6.07, 6.45) is -3.71. The molecule has 8 heteroatoms. The Balaban J connectivity index is 2.45. The molecule has 0 unspecified atom stereocenters. The van der Waals surface area contributed by atoms with Gasteiger partial charge in [0.05, 0.1) is 19.8 Å². The second-order valence-corrected chi connectivity index (χ2v) is 5.15. The minimum absolute atomic E-state index is 0.331. The van der Waals surface area contributed by atoms with Crippen molar-refractivity contribution in [1.29, 1.82) is 0 Å².